The van der Waals surface area contributed by atoms with Crippen molar-refractivity contribution in [2.24, 2.45) is 0 Å². The summed E-state index contributed by atoms with van der Waals surface area (Å²) in [7, 11) is 0. The molecule has 0 aliphatic carbocycles. The van der Waals surface area contributed by atoms with E-state index < -0.39 is 5.41 Å². The summed E-state index contributed by atoms with van der Waals surface area (Å²) in [4.78, 5) is 13.2. The van der Waals surface area contributed by atoms with Crippen LogP contribution < -0.4 is 5.32 Å². The van der Waals surface area contributed by atoms with E-state index >= 15 is 0 Å². The molecule has 0 atom stereocenters. The summed E-state index contributed by atoms with van der Waals surface area (Å²) >= 11 is 1.62. The first-order valence-corrected chi connectivity index (χ1v) is 5.98. The van der Waals surface area contributed by atoms with Crippen LogP contribution in [0.2, 0.25) is 0 Å². The molecule has 0 aliphatic rings. The lowest BCUT2D eigenvalue weighted by atomic mass is 9.89. The van der Waals surface area contributed by atoms with Gasteiger partial charge in [-0.25, -0.2) is 0 Å². The van der Waals surface area contributed by atoms with E-state index in [-0.39, 0.29) is 11.4 Å². The zero-order chi connectivity index (χ0) is 11.7. The average Bonchev–Trinajstić information content (AvgIpc) is 2.52. The van der Waals surface area contributed by atoms with Gasteiger partial charge in [0.25, 0.3) is 0 Å². The molecule has 0 saturated carbocycles. The zero-order valence-corrected chi connectivity index (χ0v) is 10.9. The Hall–Kier alpha value is -0.830. The Bertz CT molecular complexity index is 333. The Labute approximate surface area is 95.7 Å². The Morgan fingerprint density at radius 2 is 1.87 bits per heavy atom. The third kappa shape index (κ3) is 3.06. The Morgan fingerprint density at radius 3 is 2.27 bits per heavy atom. The van der Waals surface area contributed by atoms with Crippen molar-refractivity contribution in [1.29, 1.82) is 0 Å². The molecule has 0 unspecified atom stereocenters. The van der Waals surface area contributed by atoms with Crippen LogP contribution in [0.5, 0.6) is 0 Å². The molecule has 0 saturated heterocycles. The summed E-state index contributed by atoms with van der Waals surface area (Å²) < 4.78 is 0. The highest BCUT2D eigenvalue weighted by molar-refractivity contribution is 7.10. The number of rotatable bonds is 2. The quantitative estimate of drug-likeness (QED) is 0.823. The van der Waals surface area contributed by atoms with Gasteiger partial charge in [-0.3, -0.25) is 4.79 Å². The van der Waals surface area contributed by atoms with E-state index in [1.165, 1.54) is 0 Å². The topological polar surface area (TPSA) is 29.1 Å². The number of amides is 1. The predicted molar refractivity (Wildman–Crippen MR) is 65.2 cm³/mol. The maximum absolute atomic E-state index is 12.1. The second-order valence-corrected chi connectivity index (χ2v) is 6.25. The number of hydrogen-bond acceptors (Lipinski definition) is 2. The third-order valence-electron chi connectivity index (χ3n) is 2.19. The van der Waals surface area contributed by atoms with Gasteiger partial charge in [0.1, 0.15) is 0 Å². The summed E-state index contributed by atoms with van der Waals surface area (Å²) in [6.45, 7) is 9.90. The maximum atomic E-state index is 12.1. The minimum Gasteiger partial charge on any atom is -0.351 e. The predicted octanol–water partition coefficient (Wildman–Crippen LogP) is 2.94. The van der Waals surface area contributed by atoms with Crippen molar-refractivity contribution in [3.8, 4) is 0 Å². The van der Waals surface area contributed by atoms with Gasteiger partial charge in [0.2, 0.25) is 5.91 Å². The van der Waals surface area contributed by atoms with Crippen LogP contribution in [0.15, 0.2) is 17.5 Å². The normalized spacial score (nSPS) is 12.6. The fraction of sp³-hybridized carbons (Fsp3) is 0.583. The molecule has 0 aromatic carbocycles. The van der Waals surface area contributed by atoms with Gasteiger partial charge in [-0.05, 0) is 46.1 Å². The van der Waals surface area contributed by atoms with Gasteiger partial charge < -0.3 is 5.32 Å². The number of hydrogen-bond donors (Lipinski definition) is 1. The summed E-state index contributed by atoms with van der Waals surface area (Å²) in [6, 6.07) is 3.99. The average molecular weight is 225 g/mol. The van der Waals surface area contributed by atoms with Crippen LogP contribution in [0.3, 0.4) is 0 Å². The van der Waals surface area contributed by atoms with Gasteiger partial charge in [-0.2, -0.15) is 0 Å². The molecule has 15 heavy (non-hydrogen) atoms. The molecule has 2 nitrogen and oxygen atoms in total. The molecule has 0 radical (unpaired) electrons. The Balaban J connectivity index is 2.83. The summed E-state index contributed by atoms with van der Waals surface area (Å²) in [5.74, 6) is 0.0810. The minimum atomic E-state index is -0.443. The van der Waals surface area contributed by atoms with Crippen molar-refractivity contribution in [2.45, 2.75) is 45.6 Å². The van der Waals surface area contributed by atoms with Gasteiger partial charge in [0, 0.05) is 10.4 Å². The molecule has 1 aromatic rings. The number of nitrogens with one attached hydrogen (secondary N) is 1. The van der Waals surface area contributed by atoms with E-state index in [1.807, 2.05) is 52.1 Å². The second-order valence-electron chi connectivity index (χ2n) is 5.31. The largest absolute Gasteiger partial charge is 0.351 e. The van der Waals surface area contributed by atoms with Crippen molar-refractivity contribution in [2.75, 3.05) is 0 Å². The molecular formula is C12H19NOS. The number of carbonyl (C=O) groups is 1. The fourth-order valence-corrected chi connectivity index (χ4v) is 2.09. The van der Waals surface area contributed by atoms with E-state index in [0.717, 1.165) is 4.88 Å². The zero-order valence-electron chi connectivity index (χ0n) is 10.0. The summed E-state index contributed by atoms with van der Waals surface area (Å²) in [5.41, 5.74) is -0.618. The van der Waals surface area contributed by atoms with E-state index in [0.29, 0.717) is 0 Å². The van der Waals surface area contributed by atoms with Crippen LogP contribution in [0, 0.1) is 0 Å². The van der Waals surface area contributed by atoms with E-state index in [9.17, 15) is 4.79 Å². The lowest BCUT2D eigenvalue weighted by Gasteiger charge is -2.28. The first-order chi connectivity index (χ1) is 6.73. The fourth-order valence-electron chi connectivity index (χ4n) is 1.24. The van der Waals surface area contributed by atoms with Gasteiger partial charge in [0.05, 0.1) is 5.41 Å². The minimum absolute atomic E-state index is 0.0810. The van der Waals surface area contributed by atoms with E-state index in [1.54, 1.807) is 11.3 Å². The lowest BCUT2D eigenvalue weighted by molar-refractivity contribution is -0.127. The van der Waals surface area contributed by atoms with Crippen LogP contribution in [0.25, 0.3) is 0 Å². The van der Waals surface area contributed by atoms with Crippen LogP contribution in [-0.4, -0.2) is 11.4 Å². The van der Waals surface area contributed by atoms with Gasteiger partial charge in [-0.1, -0.05) is 6.07 Å². The second kappa shape index (κ2) is 3.97. The molecule has 1 rings (SSSR count). The molecule has 1 N–H and O–H groups in total. The Kier molecular flexibility index (Phi) is 3.24. The lowest BCUT2D eigenvalue weighted by Crippen LogP contribution is -2.48. The molecule has 3 heteroatoms. The van der Waals surface area contributed by atoms with Crippen LogP contribution >= 0.6 is 11.3 Å². The molecule has 1 heterocycles. The molecule has 0 fully saturated rings. The standard InChI is InChI=1S/C12H19NOS/c1-11(2,3)13-10(14)12(4,5)9-7-6-8-15-9/h6-8H,1-5H3,(H,13,14). The molecular weight excluding hydrogens is 206 g/mol. The van der Waals surface area contributed by atoms with Crippen molar-refractivity contribution in [3.05, 3.63) is 22.4 Å². The van der Waals surface area contributed by atoms with Crippen molar-refractivity contribution < 1.29 is 4.79 Å². The first-order valence-electron chi connectivity index (χ1n) is 5.10. The van der Waals surface area contributed by atoms with E-state index in [2.05, 4.69) is 5.32 Å². The highest BCUT2D eigenvalue weighted by atomic mass is 32.1. The van der Waals surface area contributed by atoms with Crippen LogP contribution in [0.4, 0.5) is 0 Å². The number of carbonyl (C=O) groups excluding carboxylic acids is 1. The molecule has 0 spiro atoms. The van der Waals surface area contributed by atoms with Gasteiger partial charge >= 0.3 is 0 Å². The van der Waals surface area contributed by atoms with Crippen molar-refractivity contribution >= 4 is 17.2 Å². The SMILES string of the molecule is CC(C)(C)NC(=O)C(C)(C)c1cccs1. The molecule has 0 aliphatic heterocycles. The molecule has 84 valence electrons. The molecule has 1 aromatic heterocycles. The van der Waals surface area contributed by atoms with Crippen molar-refractivity contribution in [3.63, 3.8) is 0 Å². The van der Waals surface area contributed by atoms with Gasteiger partial charge in [0.15, 0.2) is 0 Å². The molecule has 0 bridgehead atoms. The first kappa shape index (κ1) is 12.2. The van der Waals surface area contributed by atoms with Crippen molar-refractivity contribution in [1.82, 2.24) is 5.32 Å². The van der Waals surface area contributed by atoms with E-state index in [4.69, 9.17) is 0 Å². The third-order valence-corrected chi connectivity index (χ3v) is 3.39. The number of thiophene rings is 1. The summed E-state index contributed by atoms with van der Waals surface area (Å²) in [6.07, 6.45) is 0. The highest BCUT2D eigenvalue weighted by Crippen LogP contribution is 2.28. The van der Waals surface area contributed by atoms with Gasteiger partial charge in [-0.15, -0.1) is 11.3 Å². The molecule has 1 amide bonds. The Morgan fingerprint density at radius 1 is 1.27 bits per heavy atom. The smallest absolute Gasteiger partial charge is 0.231 e. The monoisotopic (exact) mass is 225 g/mol. The van der Waals surface area contributed by atoms with Crippen LogP contribution in [-0.2, 0) is 10.2 Å². The summed E-state index contributed by atoms with van der Waals surface area (Å²) in [5, 5.41) is 5.02. The maximum Gasteiger partial charge on any atom is 0.231 e. The highest BCUT2D eigenvalue weighted by Gasteiger charge is 2.32. The van der Waals surface area contributed by atoms with Crippen LogP contribution in [0.1, 0.15) is 39.5 Å².